The zero-order chi connectivity index (χ0) is 20.3. The number of alkyl halides is 1. The van der Waals surface area contributed by atoms with Gasteiger partial charge in [0.15, 0.2) is 6.36 Å². The number of fused-ring (bicyclic) bond motifs is 1. The predicted octanol–water partition coefficient (Wildman–Crippen LogP) is 5.23. The van der Waals surface area contributed by atoms with Crippen molar-refractivity contribution in [2.75, 3.05) is 13.2 Å². The van der Waals surface area contributed by atoms with E-state index in [1.54, 1.807) is 12.1 Å². The van der Waals surface area contributed by atoms with Gasteiger partial charge in [-0.2, -0.15) is 0 Å². The minimum Gasteiger partial charge on any atom is -0.492 e. The van der Waals surface area contributed by atoms with Crippen LogP contribution in [0.3, 0.4) is 0 Å². The maximum absolute atomic E-state index is 14.7. The Bertz CT molecular complexity index is 867. The maximum Gasteiger partial charge on any atom is 0.218 e. The van der Waals surface area contributed by atoms with Gasteiger partial charge < -0.3 is 14.2 Å². The van der Waals surface area contributed by atoms with Gasteiger partial charge in [0.2, 0.25) is 5.88 Å². The monoisotopic (exact) mass is 389 g/mol. The van der Waals surface area contributed by atoms with Crippen molar-refractivity contribution in [1.29, 1.82) is 0 Å². The van der Waals surface area contributed by atoms with Crippen molar-refractivity contribution in [1.82, 2.24) is 4.98 Å². The van der Waals surface area contributed by atoms with Gasteiger partial charge in [-0.3, -0.25) is 0 Å². The van der Waals surface area contributed by atoms with Crippen molar-refractivity contribution >= 4 is 5.76 Å². The maximum atomic E-state index is 14.7. The summed E-state index contributed by atoms with van der Waals surface area (Å²) < 4.78 is 44.2. The molecule has 1 aliphatic heterocycles. The third kappa shape index (κ3) is 4.50. The van der Waals surface area contributed by atoms with Crippen LogP contribution in [0.1, 0.15) is 37.1 Å². The highest BCUT2D eigenvalue weighted by Crippen LogP contribution is 2.38. The molecule has 0 spiro atoms. The number of rotatable bonds is 7. The van der Waals surface area contributed by atoms with Gasteiger partial charge in [-0.05, 0) is 56.9 Å². The fraction of sp³-hybridized carbons (Fsp3) is 0.409. The molecule has 2 heterocycles. The molecule has 1 unspecified atom stereocenters. The number of aromatic nitrogens is 1. The lowest BCUT2D eigenvalue weighted by atomic mass is 9.93. The first-order valence-corrected chi connectivity index (χ1v) is 9.43. The number of pyridine rings is 1. The van der Waals surface area contributed by atoms with Gasteiger partial charge >= 0.3 is 0 Å². The van der Waals surface area contributed by atoms with E-state index in [4.69, 9.17) is 14.2 Å². The molecule has 4 nitrogen and oxygen atoms in total. The number of halogens is 2. The summed E-state index contributed by atoms with van der Waals surface area (Å²) in [7, 11) is 0. The molecule has 1 aromatic heterocycles. The fourth-order valence-corrected chi connectivity index (χ4v) is 3.24. The molecule has 0 radical (unpaired) electrons. The SMILES string of the molecule is C=C(OCC)c1cc(-c2ccc(C)cc2F)c2c(n1)O[C@@H](COC(C)F)CC2. The van der Waals surface area contributed by atoms with Gasteiger partial charge in [0.1, 0.15) is 23.4 Å². The van der Waals surface area contributed by atoms with Crippen LogP contribution in [0.2, 0.25) is 0 Å². The Morgan fingerprint density at radius 1 is 1.36 bits per heavy atom. The van der Waals surface area contributed by atoms with Crippen LogP contribution in [0.5, 0.6) is 5.88 Å². The molecule has 2 aromatic rings. The summed E-state index contributed by atoms with van der Waals surface area (Å²) in [6.45, 7) is 9.50. The molecular weight excluding hydrogens is 364 g/mol. The minimum atomic E-state index is -1.36. The molecule has 0 fully saturated rings. The summed E-state index contributed by atoms with van der Waals surface area (Å²) in [6, 6.07) is 6.91. The molecule has 0 N–H and O–H groups in total. The Hall–Kier alpha value is -2.47. The number of nitrogens with zero attached hydrogens (tertiary/aromatic N) is 1. The molecule has 1 aromatic carbocycles. The second kappa shape index (κ2) is 8.69. The second-order valence-corrected chi connectivity index (χ2v) is 6.83. The van der Waals surface area contributed by atoms with E-state index < -0.39 is 6.36 Å². The quantitative estimate of drug-likeness (QED) is 0.608. The summed E-state index contributed by atoms with van der Waals surface area (Å²) in [4.78, 5) is 4.52. The molecule has 0 saturated heterocycles. The average molecular weight is 389 g/mol. The van der Waals surface area contributed by atoms with Gasteiger partial charge in [0.25, 0.3) is 0 Å². The predicted molar refractivity (Wildman–Crippen MR) is 104 cm³/mol. The Kier molecular flexibility index (Phi) is 6.29. The highest BCUT2D eigenvalue weighted by atomic mass is 19.1. The van der Waals surface area contributed by atoms with Crippen LogP contribution >= 0.6 is 0 Å². The van der Waals surface area contributed by atoms with Gasteiger partial charge in [-0.1, -0.05) is 18.7 Å². The van der Waals surface area contributed by atoms with Crippen LogP contribution in [-0.4, -0.2) is 30.7 Å². The zero-order valence-electron chi connectivity index (χ0n) is 16.4. The summed E-state index contributed by atoms with van der Waals surface area (Å²) in [5.41, 5.74) is 3.33. The van der Waals surface area contributed by atoms with E-state index in [1.165, 1.54) is 13.0 Å². The van der Waals surface area contributed by atoms with E-state index in [0.29, 0.717) is 47.9 Å². The van der Waals surface area contributed by atoms with Crippen LogP contribution in [0.25, 0.3) is 16.9 Å². The molecule has 0 amide bonds. The Morgan fingerprint density at radius 2 is 2.14 bits per heavy atom. The molecule has 0 aliphatic carbocycles. The number of hydrogen-bond acceptors (Lipinski definition) is 4. The summed E-state index contributed by atoms with van der Waals surface area (Å²) >= 11 is 0. The standard InChI is InChI=1S/C22H25F2NO3/c1-5-26-14(3)21-11-19(17-8-6-13(2)10-20(17)24)18-9-7-16(12-27-15(4)23)28-22(18)25-21/h6,8,10-11,15-16H,3,5,7,9,12H2,1-2,4H3/t15?,16-/m1/s1. The molecule has 150 valence electrons. The van der Waals surface area contributed by atoms with Crippen molar-refractivity contribution in [2.45, 2.75) is 46.1 Å². The number of benzene rings is 1. The molecule has 6 heteroatoms. The van der Waals surface area contributed by atoms with Crippen molar-refractivity contribution in [3.63, 3.8) is 0 Å². The van der Waals surface area contributed by atoms with E-state index >= 15 is 0 Å². The Labute approximate surface area is 164 Å². The van der Waals surface area contributed by atoms with E-state index in [-0.39, 0.29) is 18.5 Å². The molecule has 28 heavy (non-hydrogen) atoms. The van der Waals surface area contributed by atoms with Crippen molar-refractivity contribution in [3.05, 3.63) is 53.5 Å². The van der Waals surface area contributed by atoms with E-state index in [2.05, 4.69) is 11.6 Å². The lowest BCUT2D eigenvalue weighted by Crippen LogP contribution is -2.29. The van der Waals surface area contributed by atoms with Gasteiger partial charge in [0.05, 0.1) is 13.2 Å². The van der Waals surface area contributed by atoms with Crippen LogP contribution < -0.4 is 4.74 Å². The average Bonchev–Trinajstić information content (AvgIpc) is 2.65. The lowest BCUT2D eigenvalue weighted by molar-refractivity contribution is -0.0603. The zero-order valence-corrected chi connectivity index (χ0v) is 16.4. The third-order valence-corrected chi connectivity index (χ3v) is 4.61. The second-order valence-electron chi connectivity index (χ2n) is 6.83. The summed E-state index contributed by atoms with van der Waals surface area (Å²) in [5.74, 6) is 0.469. The first-order chi connectivity index (χ1) is 13.4. The van der Waals surface area contributed by atoms with E-state index in [9.17, 15) is 8.78 Å². The first kappa shape index (κ1) is 20.3. The molecule has 0 saturated carbocycles. The van der Waals surface area contributed by atoms with E-state index in [0.717, 1.165) is 11.1 Å². The first-order valence-electron chi connectivity index (χ1n) is 9.43. The Morgan fingerprint density at radius 3 is 2.82 bits per heavy atom. The molecule has 0 bridgehead atoms. The topological polar surface area (TPSA) is 40.6 Å². The van der Waals surface area contributed by atoms with Crippen molar-refractivity contribution < 1.29 is 23.0 Å². The molecular formula is C22H25F2NO3. The van der Waals surface area contributed by atoms with Crippen LogP contribution in [0.4, 0.5) is 8.78 Å². The van der Waals surface area contributed by atoms with Crippen molar-refractivity contribution in [2.24, 2.45) is 0 Å². The van der Waals surface area contributed by atoms with Gasteiger partial charge in [0, 0.05) is 11.1 Å². The van der Waals surface area contributed by atoms with Crippen molar-refractivity contribution in [3.8, 4) is 17.0 Å². The fourth-order valence-electron chi connectivity index (χ4n) is 3.24. The number of hydrogen-bond donors (Lipinski definition) is 0. The molecule has 3 rings (SSSR count). The largest absolute Gasteiger partial charge is 0.492 e. The minimum absolute atomic E-state index is 0.129. The highest BCUT2D eigenvalue weighted by molar-refractivity contribution is 5.74. The number of ether oxygens (including phenoxy) is 3. The summed E-state index contributed by atoms with van der Waals surface area (Å²) in [6.07, 6.45) is -0.418. The Balaban J connectivity index is 2.03. The summed E-state index contributed by atoms with van der Waals surface area (Å²) in [5, 5.41) is 0. The smallest absolute Gasteiger partial charge is 0.218 e. The van der Waals surface area contributed by atoms with Gasteiger partial charge in [-0.25, -0.2) is 13.8 Å². The number of aryl methyl sites for hydroxylation is 1. The van der Waals surface area contributed by atoms with E-state index in [1.807, 2.05) is 19.9 Å². The normalized spacial score (nSPS) is 16.8. The van der Waals surface area contributed by atoms with Crippen LogP contribution in [-0.2, 0) is 15.9 Å². The molecule has 2 atom stereocenters. The van der Waals surface area contributed by atoms with Crippen LogP contribution in [0, 0.1) is 12.7 Å². The molecule has 1 aliphatic rings. The highest BCUT2D eigenvalue weighted by Gasteiger charge is 2.27. The van der Waals surface area contributed by atoms with Gasteiger partial charge in [-0.15, -0.1) is 0 Å². The third-order valence-electron chi connectivity index (χ3n) is 4.61. The lowest BCUT2D eigenvalue weighted by Gasteiger charge is -2.27. The van der Waals surface area contributed by atoms with Crippen LogP contribution in [0.15, 0.2) is 30.8 Å².